The predicted molar refractivity (Wildman–Crippen MR) is 71.8 cm³/mol. The van der Waals surface area contributed by atoms with Crippen molar-refractivity contribution in [1.29, 1.82) is 0 Å². The van der Waals surface area contributed by atoms with E-state index in [2.05, 4.69) is 5.32 Å². The fourth-order valence-corrected chi connectivity index (χ4v) is 1.79. The highest BCUT2D eigenvalue weighted by Gasteiger charge is 2.16. The minimum Gasteiger partial charge on any atom is -0.478 e. The van der Waals surface area contributed by atoms with Crippen molar-refractivity contribution in [3.05, 3.63) is 23.5 Å². The van der Waals surface area contributed by atoms with Crippen LogP contribution in [0.3, 0.4) is 0 Å². The Morgan fingerprint density at radius 1 is 1.26 bits per heavy atom. The van der Waals surface area contributed by atoms with E-state index in [1.54, 1.807) is 0 Å². The van der Waals surface area contributed by atoms with Crippen LogP contribution in [0.25, 0.3) is 0 Å². The molecule has 0 heterocycles. The molecule has 6 heteroatoms. The molecule has 0 unspecified atom stereocenters. The molecular formula is C13H19FN2O3. The number of carbonyl (C=O) groups is 1. The second-order valence-corrected chi connectivity index (χ2v) is 4.25. The number of nitrogens with one attached hydrogen (secondary N) is 1. The van der Waals surface area contributed by atoms with Crippen molar-refractivity contribution >= 4 is 17.3 Å². The number of aromatic carboxylic acids is 1. The summed E-state index contributed by atoms with van der Waals surface area (Å²) in [6.45, 7) is 0.766. The van der Waals surface area contributed by atoms with Crippen molar-refractivity contribution in [1.82, 2.24) is 0 Å². The molecule has 0 saturated heterocycles. The Bertz CT molecular complexity index is 438. The van der Waals surface area contributed by atoms with Gasteiger partial charge in [-0.2, -0.15) is 0 Å². The zero-order valence-electron chi connectivity index (χ0n) is 10.7. The summed E-state index contributed by atoms with van der Waals surface area (Å²) < 4.78 is 13.2. The lowest BCUT2D eigenvalue weighted by Crippen LogP contribution is -2.11. The van der Waals surface area contributed by atoms with Gasteiger partial charge in [-0.15, -0.1) is 0 Å². The number of carboxylic acid groups (broad SMARTS) is 1. The van der Waals surface area contributed by atoms with Crippen LogP contribution in [0.1, 0.15) is 36.0 Å². The SMILES string of the molecule is Nc1c(F)ccc(NCCCCCCO)c1C(=O)O. The number of nitrogens with two attached hydrogens (primary N) is 1. The van der Waals surface area contributed by atoms with Crippen LogP contribution >= 0.6 is 0 Å². The van der Waals surface area contributed by atoms with Gasteiger partial charge in [0.15, 0.2) is 0 Å². The Labute approximate surface area is 111 Å². The minimum atomic E-state index is -1.25. The summed E-state index contributed by atoms with van der Waals surface area (Å²) in [4.78, 5) is 11.1. The van der Waals surface area contributed by atoms with E-state index in [0.717, 1.165) is 31.7 Å². The highest BCUT2D eigenvalue weighted by Crippen LogP contribution is 2.25. The number of halogens is 1. The van der Waals surface area contributed by atoms with Crippen molar-refractivity contribution < 1.29 is 19.4 Å². The largest absolute Gasteiger partial charge is 0.478 e. The number of carboxylic acids is 1. The predicted octanol–water partition coefficient (Wildman–Crippen LogP) is 2.07. The Morgan fingerprint density at radius 2 is 1.95 bits per heavy atom. The molecule has 0 atom stereocenters. The van der Waals surface area contributed by atoms with Crippen LogP contribution in [0.15, 0.2) is 12.1 Å². The van der Waals surface area contributed by atoms with E-state index in [4.69, 9.17) is 15.9 Å². The summed E-state index contributed by atoms with van der Waals surface area (Å²) in [7, 11) is 0. The van der Waals surface area contributed by atoms with Gasteiger partial charge in [0.25, 0.3) is 0 Å². The van der Waals surface area contributed by atoms with Gasteiger partial charge in [-0.05, 0) is 25.0 Å². The van der Waals surface area contributed by atoms with Crippen LogP contribution in [0.5, 0.6) is 0 Å². The Kier molecular flexibility index (Phi) is 6.08. The average molecular weight is 270 g/mol. The van der Waals surface area contributed by atoms with Crippen molar-refractivity contribution in [2.24, 2.45) is 0 Å². The van der Waals surface area contributed by atoms with Gasteiger partial charge in [-0.1, -0.05) is 12.8 Å². The quantitative estimate of drug-likeness (QED) is 0.428. The highest BCUT2D eigenvalue weighted by atomic mass is 19.1. The molecule has 0 aliphatic heterocycles. The zero-order valence-corrected chi connectivity index (χ0v) is 10.7. The number of benzene rings is 1. The first-order valence-corrected chi connectivity index (χ1v) is 6.24. The van der Waals surface area contributed by atoms with Gasteiger partial charge in [-0.25, -0.2) is 9.18 Å². The summed E-state index contributed by atoms with van der Waals surface area (Å²) >= 11 is 0. The van der Waals surface area contributed by atoms with E-state index in [1.807, 2.05) is 0 Å². The maximum atomic E-state index is 13.2. The van der Waals surface area contributed by atoms with Crippen LogP contribution in [0.2, 0.25) is 0 Å². The molecule has 0 aliphatic rings. The number of hydrogen-bond donors (Lipinski definition) is 4. The smallest absolute Gasteiger partial charge is 0.340 e. The first kappa shape index (κ1) is 15.2. The average Bonchev–Trinajstić information content (AvgIpc) is 2.37. The van der Waals surface area contributed by atoms with Crippen LogP contribution in [0, 0.1) is 5.82 Å². The maximum Gasteiger partial charge on any atom is 0.340 e. The maximum absolute atomic E-state index is 13.2. The lowest BCUT2D eigenvalue weighted by molar-refractivity contribution is 0.0698. The fraction of sp³-hybridized carbons (Fsp3) is 0.462. The second kappa shape index (κ2) is 7.58. The van der Waals surface area contributed by atoms with Crippen LogP contribution in [-0.2, 0) is 0 Å². The van der Waals surface area contributed by atoms with E-state index in [-0.39, 0.29) is 17.9 Å². The third-order valence-corrected chi connectivity index (χ3v) is 2.81. The summed E-state index contributed by atoms with van der Waals surface area (Å²) in [6.07, 6.45) is 3.47. The van der Waals surface area contributed by atoms with Gasteiger partial charge in [-0.3, -0.25) is 0 Å². The molecule has 0 fully saturated rings. The van der Waals surface area contributed by atoms with E-state index in [9.17, 15) is 9.18 Å². The number of anilines is 2. The number of rotatable bonds is 8. The monoisotopic (exact) mass is 270 g/mol. The lowest BCUT2D eigenvalue weighted by Gasteiger charge is -2.11. The van der Waals surface area contributed by atoms with Crippen molar-refractivity contribution in [2.45, 2.75) is 25.7 Å². The molecule has 0 aromatic heterocycles. The van der Waals surface area contributed by atoms with Crippen LogP contribution < -0.4 is 11.1 Å². The van der Waals surface area contributed by atoms with Crippen molar-refractivity contribution in [3.8, 4) is 0 Å². The Balaban J connectivity index is 2.58. The molecule has 0 aliphatic carbocycles. The first-order chi connectivity index (χ1) is 9.07. The van der Waals surface area contributed by atoms with Crippen LogP contribution in [-0.4, -0.2) is 29.3 Å². The normalized spacial score (nSPS) is 10.4. The molecule has 5 nitrogen and oxygen atoms in total. The molecule has 1 rings (SSSR count). The minimum absolute atomic E-state index is 0.186. The van der Waals surface area contributed by atoms with E-state index in [1.165, 1.54) is 6.07 Å². The van der Waals surface area contributed by atoms with Crippen LogP contribution in [0.4, 0.5) is 15.8 Å². The van der Waals surface area contributed by atoms with Gasteiger partial charge in [0, 0.05) is 13.2 Å². The van der Waals surface area contributed by atoms with Gasteiger partial charge < -0.3 is 21.3 Å². The molecule has 5 N–H and O–H groups in total. The topological polar surface area (TPSA) is 95.6 Å². The summed E-state index contributed by atoms with van der Waals surface area (Å²) in [6, 6.07) is 2.53. The molecule has 0 bridgehead atoms. The van der Waals surface area contributed by atoms with E-state index < -0.39 is 11.8 Å². The number of unbranched alkanes of at least 4 members (excludes halogenated alkanes) is 3. The Morgan fingerprint density at radius 3 is 2.58 bits per heavy atom. The summed E-state index contributed by atoms with van der Waals surface area (Å²) in [5.41, 5.74) is 5.18. The molecule has 0 spiro atoms. The fourth-order valence-electron chi connectivity index (χ4n) is 1.79. The molecule has 0 radical (unpaired) electrons. The molecular weight excluding hydrogens is 251 g/mol. The molecule has 106 valence electrons. The molecule has 1 aromatic rings. The Hall–Kier alpha value is -1.82. The number of nitrogen functional groups attached to an aromatic ring is 1. The first-order valence-electron chi connectivity index (χ1n) is 6.24. The van der Waals surface area contributed by atoms with E-state index in [0.29, 0.717) is 12.2 Å². The standard InChI is InChI=1S/C13H19FN2O3/c14-9-5-6-10(11(12(9)15)13(18)19)16-7-3-1-2-4-8-17/h5-6,16-17H,1-4,7-8,15H2,(H,18,19). The van der Waals surface area contributed by atoms with Gasteiger partial charge >= 0.3 is 5.97 Å². The van der Waals surface area contributed by atoms with Gasteiger partial charge in [0.2, 0.25) is 0 Å². The molecule has 1 aromatic carbocycles. The number of aliphatic hydroxyl groups is 1. The molecule has 0 saturated carbocycles. The van der Waals surface area contributed by atoms with Gasteiger partial charge in [0.05, 0.1) is 11.4 Å². The van der Waals surface area contributed by atoms with Crippen molar-refractivity contribution in [3.63, 3.8) is 0 Å². The van der Waals surface area contributed by atoms with Crippen molar-refractivity contribution in [2.75, 3.05) is 24.2 Å². The summed E-state index contributed by atoms with van der Waals surface area (Å²) in [5.74, 6) is -1.98. The third-order valence-electron chi connectivity index (χ3n) is 2.81. The highest BCUT2D eigenvalue weighted by molar-refractivity contribution is 6.00. The van der Waals surface area contributed by atoms with E-state index >= 15 is 0 Å². The second-order valence-electron chi connectivity index (χ2n) is 4.25. The number of hydrogen-bond acceptors (Lipinski definition) is 4. The zero-order chi connectivity index (χ0) is 14.3. The third kappa shape index (κ3) is 4.40. The molecule has 19 heavy (non-hydrogen) atoms. The molecule has 0 amide bonds. The van der Waals surface area contributed by atoms with Gasteiger partial charge in [0.1, 0.15) is 11.4 Å². The lowest BCUT2D eigenvalue weighted by atomic mass is 10.1. The summed E-state index contributed by atoms with van der Waals surface area (Å²) in [5, 5.41) is 20.6. The number of aliphatic hydroxyl groups excluding tert-OH is 1.